The Morgan fingerprint density at radius 1 is 1.08 bits per heavy atom. The van der Waals surface area contributed by atoms with Crippen LogP contribution in [0.1, 0.15) is 12.5 Å². The van der Waals surface area contributed by atoms with Gasteiger partial charge in [-0.3, -0.25) is 4.79 Å². The van der Waals surface area contributed by atoms with Crippen LogP contribution in [0, 0.1) is 0 Å². The van der Waals surface area contributed by atoms with Crippen LogP contribution in [-0.4, -0.2) is 42.2 Å². The number of carbonyl (C=O) groups excluding carboxylic acids is 1. The third kappa shape index (κ3) is 5.16. The molecule has 9 nitrogen and oxygen atoms in total. The maximum atomic E-state index is 13.5. The van der Waals surface area contributed by atoms with Crippen LogP contribution in [0.25, 0.3) is 33.5 Å². The molecule has 192 valence electrons. The third-order valence-corrected chi connectivity index (χ3v) is 6.11. The summed E-state index contributed by atoms with van der Waals surface area (Å²) in [5.74, 6) is 0.965. The topological polar surface area (TPSA) is 105 Å². The van der Waals surface area contributed by atoms with E-state index in [0.29, 0.717) is 45.9 Å². The highest BCUT2D eigenvalue weighted by Crippen LogP contribution is 2.30. The number of halogens is 1. The smallest absolute Gasteiger partial charge is 0.343 e. The van der Waals surface area contributed by atoms with Gasteiger partial charge in [0.05, 0.1) is 30.8 Å². The molecular formula is C28H22BrN3O6. The fourth-order valence-electron chi connectivity index (χ4n) is 3.83. The van der Waals surface area contributed by atoms with Gasteiger partial charge in [0.2, 0.25) is 5.82 Å². The standard InChI is InChI=1S/C28H22BrN3O6/c1-3-36-24-12-17(8-10-23(24)37-16-26(33)35-2)15-30-32-27(31-21-7-5-4-6-20(21)28(32)34)25-14-18-13-19(29)9-11-22(18)38-25/h4-15H,3,16H2,1-2H3. The summed E-state index contributed by atoms with van der Waals surface area (Å²) in [6.07, 6.45) is 1.52. The number of benzene rings is 3. The average Bonchev–Trinajstić information content (AvgIpc) is 3.35. The van der Waals surface area contributed by atoms with Gasteiger partial charge in [0.1, 0.15) is 5.58 Å². The van der Waals surface area contributed by atoms with Crippen molar-refractivity contribution in [3.63, 3.8) is 0 Å². The number of esters is 1. The minimum Gasteiger partial charge on any atom is -0.490 e. The minimum atomic E-state index is -0.508. The molecule has 0 N–H and O–H groups in total. The van der Waals surface area contributed by atoms with E-state index in [0.717, 1.165) is 9.86 Å². The van der Waals surface area contributed by atoms with Gasteiger partial charge in [0, 0.05) is 9.86 Å². The van der Waals surface area contributed by atoms with Crippen molar-refractivity contribution in [3.8, 4) is 23.1 Å². The van der Waals surface area contributed by atoms with E-state index in [-0.39, 0.29) is 18.0 Å². The summed E-state index contributed by atoms with van der Waals surface area (Å²) < 4.78 is 24.0. The number of nitrogens with zero attached hydrogens (tertiary/aromatic N) is 3. The van der Waals surface area contributed by atoms with E-state index in [1.807, 2.05) is 37.3 Å². The number of aromatic nitrogens is 2. The van der Waals surface area contributed by atoms with Gasteiger partial charge in [-0.15, -0.1) is 0 Å². The predicted octanol–water partition coefficient (Wildman–Crippen LogP) is 5.40. The highest BCUT2D eigenvalue weighted by molar-refractivity contribution is 9.10. The molecule has 0 spiro atoms. The van der Waals surface area contributed by atoms with Gasteiger partial charge in [-0.2, -0.15) is 9.78 Å². The first-order valence-corrected chi connectivity index (χ1v) is 12.5. The van der Waals surface area contributed by atoms with Gasteiger partial charge in [0.25, 0.3) is 5.56 Å². The summed E-state index contributed by atoms with van der Waals surface area (Å²) in [6, 6.07) is 19.6. The zero-order valence-electron chi connectivity index (χ0n) is 20.5. The molecule has 0 atom stereocenters. The zero-order chi connectivity index (χ0) is 26.6. The van der Waals surface area contributed by atoms with Crippen LogP contribution in [0.5, 0.6) is 11.5 Å². The Hall–Kier alpha value is -4.44. The normalized spacial score (nSPS) is 11.3. The Labute approximate surface area is 225 Å². The number of carbonyl (C=O) groups is 1. The molecule has 0 unspecified atom stereocenters. The van der Waals surface area contributed by atoms with E-state index in [9.17, 15) is 9.59 Å². The molecule has 38 heavy (non-hydrogen) atoms. The number of ether oxygens (including phenoxy) is 3. The number of para-hydroxylation sites is 1. The van der Waals surface area contributed by atoms with Crippen molar-refractivity contribution in [2.45, 2.75) is 6.92 Å². The van der Waals surface area contributed by atoms with E-state index < -0.39 is 5.97 Å². The number of fused-ring (bicyclic) bond motifs is 2. The first-order chi connectivity index (χ1) is 18.5. The monoisotopic (exact) mass is 575 g/mol. The van der Waals surface area contributed by atoms with Crippen LogP contribution < -0.4 is 15.0 Å². The fraction of sp³-hybridized carbons (Fsp3) is 0.143. The van der Waals surface area contributed by atoms with E-state index in [1.165, 1.54) is 18.0 Å². The van der Waals surface area contributed by atoms with Crippen molar-refractivity contribution in [1.29, 1.82) is 0 Å². The highest BCUT2D eigenvalue weighted by Gasteiger charge is 2.17. The minimum absolute atomic E-state index is 0.250. The third-order valence-electron chi connectivity index (χ3n) is 5.62. The molecule has 0 aliphatic carbocycles. The van der Waals surface area contributed by atoms with Crippen molar-refractivity contribution in [1.82, 2.24) is 9.66 Å². The summed E-state index contributed by atoms with van der Waals surface area (Å²) in [5, 5.41) is 5.77. The van der Waals surface area contributed by atoms with Crippen molar-refractivity contribution in [3.05, 3.63) is 87.1 Å². The lowest BCUT2D eigenvalue weighted by Crippen LogP contribution is -2.20. The summed E-state index contributed by atoms with van der Waals surface area (Å²) in [4.78, 5) is 29.7. The number of furan rings is 1. The predicted molar refractivity (Wildman–Crippen MR) is 147 cm³/mol. The van der Waals surface area contributed by atoms with Crippen LogP contribution in [0.4, 0.5) is 0 Å². The van der Waals surface area contributed by atoms with Crippen molar-refractivity contribution >= 4 is 50.0 Å². The Morgan fingerprint density at radius 2 is 1.92 bits per heavy atom. The molecule has 3 aromatic carbocycles. The van der Waals surface area contributed by atoms with Crippen LogP contribution in [-0.2, 0) is 9.53 Å². The molecular weight excluding hydrogens is 554 g/mol. The first kappa shape index (κ1) is 25.2. The van der Waals surface area contributed by atoms with Crippen LogP contribution >= 0.6 is 15.9 Å². The number of hydrogen-bond acceptors (Lipinski definition) is 8. The maximum absolute atomic E-state index is 13.5. The zero-order valence-corrected chi connectivity index (χ0v) is 22.1. The Balaban J connectivity index is 1.58. The Morgan fingerprint density at radius 3 is 2.74 bits per heavy atom. The molecule has 0 bridgehead atoms. The quantitative estimate of drug-likeness (QED) is 0.180. The van der Waals surface area contributed by atoms with E-state index in [4.69, 9.17) is 18.9 Å². The Bertz CT molecular complexity index is 1740. The van der Waals surface area contributed by atoms with E-state index in [2.05, 4.69) is 25.8 Å². The SMILES string of the molecule is CCOc1cc(C=Nn2c(-c3cc4cc(Br)ccc4o3)nc3ccccc3c2=O)ccc1OCC(=O)OC. The fourth-order valence-corrected chi connectivity index (χ4v) is 4.21. The summed E-state index contributed by atoms with van der Waals surface area (Å²) in [6.45, 7) is 1.97. The molecule has 0 aliphatic rings. The van der Waals surface area contributed by atoms with E-state index >= 15 is 0 Å². The van der Waals surface area contributed by atoms with Gasteiger partial charge < -0.3 is 18.6 Å². The summed E-state index contributed by atoms with van der Waals surface area (Å²) in [7, 11) is 1.29. The van der Waals surface area contributed by atoms with Gasteiger partial charge >= 0.3 is 5.97 Å². The summed E-state index contributed by atoms with van der Waals surface area (Å²) >= 11 is 3.47. The number of hydrogen-bond donors (Lipinski definition) is 0. The lowest BCUT2D eigenvalue weighted by Gasteiger charge is -2.12. The van der Waals surface area contributed by atoms with Crippen LogP contribution in [0.3, 0.4) is 0 Å². The molecule has 0 amide bonds. The Kier molecular flexibility index (Phi) is 7.23. The van der Waals surface area contributed by atoms with E-state index in [1.54, 1.807) is 36.4 Å². The van der Waals surface area contributed by atoms with Gasteiger partial charge in [-0.05, 0) is 67.1 Å². The molecule has 0 fully saturated rings. The average molecular weight is 576 g/mol. The maximum Gasteiger partial charge on any atom is 0.343 e. The molecule has 0 saturated carbocycles. The lowest BCUT2D eigenvalue weighted by atomic mass is 10.2. The second kappa shape index (κ2) is 10.9. The van der Waals surface area contributed by atoms with Crippen molar-refractivity contribution in [2.24, 2.45) is 5.10 Å². The van der Waals surface area contributed by atoms with Crippen molar-refractivity contribution < 1.29 is 23.4 Å². The van der Waals surface area contributed by atoms with Crippen LogP contribution in [0.2, 0.25) is 0 Å². The molecule has 5 aromatic rings. The molecule has 10 heteroatoms. The molecule has 0 aliphatic heterocycles. The molecule has 0 saturated heterocycles. The molecule has 2 heterocycles. The molecule has 2 aromatic heterocycles. The highest BCUT2D eigenvalue weighted by atomic mass is 79.9. The number of methoxy groups -OCH3 is 1. The van der Waals surface area contributed by atoms with Crippen molar-refractivity contribution in [2.75, 3.05) is 20.3 Å². The molecule has 0 radical (unpaired) electrons. The summed E-state index contributed by atoms with van der Waals surface area (Å²) in [5.41, 5.74) is 1.49. The van der Waals surface area contributed by atoms with Gasteiger partial charge in [-0.25, -0.2) is 9.78 Å². The first-order valence-electron chi connectivity index (χ1n) is 11.7. The van der Waals surface area contributed by atoms with Crippen LogP contribution in [0.15, 0.2) is 85.5 Å². The van der Waals surface area contributed by atoms with Gasteiger partial charge in [-0.1, -0.05) is 28.1 Å². The lowest BCUT2D eigenvalue weighted by molar-refractivity contribution is -0.142. The van der Waals surface area contributed by atoms with Gasteiger partial charge in [0.15, 0.2) is 23.9 Å². The second-order valence-corrected chi connectivity index (χ2v) is 9.03. The molecule has 5 rings (SSSR count). The number of rotatable bonds is 8. The second-order valence-electron chi connectivity index (χ2n) is 8.11. The largest absolute Gasteiger partial charge is 0.490 e.